The van der Waals surface area contributed by atoms with Gasteiger partial charge in [0.15, 0.2) is 0 Å². The third-order valence-corrected chi connectivity index (χ3v) is 7.10. The van der Waals surface area contributed by atoms with Crippen molar-refractivity contribution in [2.45, 2.75) is 13.8 Å². The van der Waals surface area contributed by atoms with Crippen LogP contribution in [0.3, 0.4) is 0 Å². The predicted molar refractivity (Wildman–Crippen MR) is 174 cm³/mol. The molecular formula is C35H27N5O5. The maximum atomic E-state index is 12.8. The number of hydrogen-bond acceptors (Lipinski definition) is 9. The van der Waals surface area contributed by atoms with Crippen molar-refractivity contribution >= 4 is 56.1 Å². The third kappa shape index (κ3) is 6.16. The molecular weight excluding hydrogens is 570 g/mol. The Balaban J connectivity index is 1.34. The van der Waals surface area contributed by atoms with Crippen LogP contribution in [-0.2, 0) is 4.79 Å². The van der Waals surface area contributed by atoms with Gasteiger partial charge >= 0.3 is 5.63 Å². The van der Waals surface area contributed by atoms with Crippen LogP contribution in [0.1, 0.15) is 12.5 Å². The van der Waals surface area contributed by atoms with Gasteiger partial charge in [-0.25, -0.2) is 4.79 Å². The van der Waals surface area contributed by atoms with Crippen LogP contribution in [0.4, 0.5) is 28.4 Å². The minimum absolute atomic E-state index is 0.0264. The number of carbonyl (C=O) groups is 1. The van der Waals surface area contributed by atoms with E-state index in [-0.39, 0.29) is 11.7 Å². The molecule has 1 heterocycles. The lowest BCUT2D eigenvalue weighted by Crippen LogP contribution is -2.05. The molecule has 0 aliphatic heterocycles. The Morgan fingerprint density at radius 3 is 2.36 bits per heavy atom. The highest BCUT2D eigenvalue weighted by Gasteiger charge is 2.14. The summed E-state index contributed by atoms with van der Waals surface area (Å²) < 4.78 is 11.2. The monoisotopic (exact) mass is 597 g/mol. The minimum atomic E-state index is -0.459. The van der Waals surface area contributed by atoms with Crippen molar-refractivity contribution in [1.29, 1.82) is 0 Å². The van der Waals surface area contributed by atoms with Crippen molar-refractivity contribution in [1.82, 2.24) is 0 Å². The number of hydrogen-bond donors (Lipinski definition) is 2. The zero-order valence-corrected chi connectivity index (χ0v) is 24.6. The molecule has 10 nitrogen and oxygen atoms in total. The summed E-state index contributed by atoms with van der Waals surface area (Å²) in [4.78, 5) is 24.8. The van der Waals surface area contributed by atoms with Crippen LogP contribution >= 0.6 is 0 Å². The number of phenols is 1. The fraction of sp³-hybridized carbons (Fsp3) is 0.0857. The van der Waals surface area contributed by atoms with Crippen molar-refractivity contribution in [3.63, 3.8) is 0 Å². The van der Waals surface area contributed by atoms with Crippen LogP contribution < -0.4 is 15.7 Å². The standard InChI is InChI=1S/C35H27N5O5/c1-20-8-10-23(11-9-20)27-16-24-12-14-25(17-32(24)45-35(27)43)37-38-29-19-33(44-3)30(18-28(29)36-21(2)41)39-40-34-26-7-5-4-6-22(26)13-15-31(34)42/h4-19,42H,1-3H3,(H,36,41). The lowest BCUT2D eigenvalue weighted by Gasteiger charge is -2.11. The maximum absolute atomic E-state index is 12.8. The van der Waals surface area contributed by atoms with Crippen LogP contribution in [0.25, 0.3) is 32.9 Å². The number of aryl methyl sites for hydroxylation is 1. The van der Waals surface area contributed by atoms with Gasteiger partial charge in [-0.05, 0) is 48.2 Å². The number of methoxy groups -OCH3 is 1. The Morgan fingerprint density at radius 2 is 1.58 bits per heavy atom. The number of amides is 1. The molecule has 0 aliphatic rings. The number of ether oxygens (including phenoxy) is 1. The number of phenolic OH excluding ortho intramolecular Hbond substituents is 1. The second kappa shape index (κ2) is 12.2. The number of nitrogens with one attached hydrogen (secondary N) is 1. The van der Waals surface area contributed by atoms with E-state index in [4.69, 9.17) is 9.15 Å². The summed E-state index contributed by atoms with van der Waals surface area (Å²) in [5.41, 5.74) is 3.88. The highest BCUT2D eigenvalue weighted by atomic mass is 16.5. The van der Waals surface area contributed by atoms with Gasteiger partial charge in [0.1, 0.15) is 34.1 Å². The lowest BCUT2D eigenvalue weighted by atomic mass is 10.0. The van der Waals surface area contributed by atoms with Gasteiger partial charge in [0, 0.05) is 29.8 Å². The third-order valence-electron chi connectivity index (χ3n) is 7.10. The number of carbonyl (C=O) groups excluding carboxylic acids is 1. The molecule has 0 saturated carbocycles. The minimum Gasteiger partial charge on any atom is -0.506 e. The van der Waals surface area contributed by atoms with E-state index < -0.39 is 5.63 Å². The molecule has 0 atom stereocenters. The maximum Gasteiger partial charge on any atom is 0.344 e. The second-order valence-corrected chi connectivity index (χ2v) is 10.3. The summed E-state index contributed by atoms with van der Waals surface area (Å²) in [6.07, 6.45) is 0. The fourth-order valence-electron chi connectivity index (χ4n) is 4.83. The molecule has 6 aromatic rings. The van der Waals surface area contributed by atoms with Crippen molar-refractivity contribution in [2.75, 3.05) is 12.4 Å². The van der Waals surface area contributed by atoms with E-state index >= 15 is 0 Å². The summed E-state index contributed by atoms with van der Waals surface area (Å²) in [7, 11) is 1.47. The van der Waals surface area contributed by atoms with E-state index in [0.717, 1.165) is 27.3 Å². The zero-order valence-electron chi connectivity index (χ0n) is 24.6. The molecule has 0 spiro atoms. The quantitative estimate of drug-likeness (QED) is 0.139. The molecule has 0 bridgehead atoms. The predicted octanol–water partition coefficient (Wildman–Crippen LogP) is 9.43. The van der Waals surface area contributed by atoms with Gasteiger partial charge in [-0.1, -0.05) is 60.2 Å². The number of anilines is 1. The van der Waals surface area contributed by atoms with Crippen LogP contribution in [0.2, 0.25) is 0 Å². The van der Waals surface area contributed by atoms with Crippen molar-refractivity contribution in [3.8, 4) is 22.6 Å². The second-order valence-electron chi connectivity index (χ2n) is 10.3. The van der Waals surface area contributed by atoms with Crippen LogP contribution in [0.5, 0.6) is 11.5 Å². The molecule has 0 aliphatic carbocycles. The Hall–Kier alpha value is -6.16. The first-order valence-corrected chi connectivity index (χ1v) is 14.0. The number of benzene rings is 5. The Morgan fingerprint density at radius 1 is 0.822 bits per heavy atom. The zero-order chi connectivity index (χ0) is 31.5. The Labute approximate surface area is 257 Å². The molecule has 1 aromatic heterocycles. The number of azo groups is 2. The molecule has 0 fully saturated rings. The first-order valence-electron chi connectivity index (χ1n) is 14.0. The summed E-state index contributed by atoms with van der Waals surface area (Å²) in [6.45, 7) is 3.36. The molecule has 0 saturated heterocycles. The van der Waals surface area contributed by atoms with Gasteiger partial charge in [-0.2, -0.15) is 5.11 Å². The summed E-state index contributed by atoms with van der Waals surface area (Å²) in [5.74, 6) is -0.0424. The molecule has 45 heavy (non-hydrogen) atoms. The average Bonchev–Trinajstić information content (AvgIpc) is 3.03. The molecule has 0 radical (unpaired) electrons. The van der Waals surface area contributed by atoms with Gasteiger partial charge in [0.05, 0.1) is 24.0 Å². The highest BCUT2D eigenvalue weighted by molar-refractivity contribution is 5.96. The normalized spacial score (nSPS) is 11.5. The molecule has 0 unspecified atom stereocenters. The van der Waals surface area contributed by atoms with Crippen molar-refractivity contribution in [2.24, 2.45) is 20.5 Å². The van der Waals surface area contributed by atoms with E-state index in [1.807, 2.05) is 55.5 Å². The Kier molecular flexibility index (Phi) is 7.85. The molecule has 5 aromatic carbocycles. The van der Waals surface area contributed by atoms with Crippen molar-refractivity contribution in [3.05, 3.63) is 113 Å². The SMILES string of the molecule is COc1cc(N=Nc2ccc3cc(-c4ccc(C)cc4)c(=O)oc3c2)c(NC(C)=O)cc1N=Nc1c(O)ccc2ccccc12. The van der Waals surface area contributed by atoms with Gasteiger partial charge < -0.3 is 19.6 Å². The summed E-state index contributed by atoms with van der Waals surface area (Å²) in [5, 5.41) is 32.9. The molecule has 10 heteroatoms. The van der Waals surface area contributed by atoms with Crippen LogP contribution in [0, 0.1) is 6.92 Å². The Bertz CT molecular complexity index is 2200. The van der Waals surface area contributed by atoms with Crippen molar-refractivity contribution < 1.29 is 19.1 Å². The fourth-order valence-corrected chi connectivity index (χ4v) is 4.83. The van der Waals surface area contributed by atoms with Gasteiger partial charge in [-0.15, -0.1) is 15.3 Å². The average molecular weight is 598 g/mol. The van der Waals surface area contributed by atoms with E-state index in [1.165, 1.54) is 14.0 Å². The highest BCUT2D eigenvalue weighted by Crippen LogP contribution is 2.42. The smallest absolute Gasteiger partial charge is 0.344 e. The van der Waals surface area contributed by atoms with E-state index in [9.17, 15) is 14.7 Å². The number of nitrogens with zero attached hydrogens (tertiary/aromatic N) is 4. The number of fused-ring (bicyclic) bond motifs is 2. The molecule has 2 N–H and O–H groups in total. The number of aromatic hydroxyl groups is 1. The van der Waals surface area contributed by atoms with Crippen LogP contribution in [-0.4, -0.2) is 18.1 Å². The van der Waals surface area contributed by atoms with Gasteiger partial charge in [0.25, 0.3) is 0 Å². The molecule has 222 valence electrons. The number of rotatable bonds is 7. The first-order chi connectivity index (χ1) is 21.8. The van der Waals surface area contributed by atoms with E-state index in [1.54, 1.807) is 48.5 Å². The first kappa shape index (κ1) is 28.9. The lowest BCUT2D eigenvalue weighted by molar-refractivity contribution is -0.114. The van der Waals surface area contributed by atoms with Gasteiger partial charge in [-0.3, -0.25) is 4.79 Å². The van der Waals surface area contributed by atoms with Crippen LogP contribution in [0.15, 0.2) is 127 Å². The summed E-state index contributed by atoms with van der Waals surface area (Å²) in [6, 6.07) is 28.6. The topological polar surface area (TPSA) is 138 Å². The van der Waals surface area contributed by atoms with E-state index in [2.05, 4.69) is 25.8 Å². The molecule has 1 amide bonds. The van der Waals surface area contributed by atoms with Gasteiger partial charge in [0.2, 0.25) is 5.91 Å². The molecule has 6 rings (SSSR count). The summed E-state index contributed by atoms with van der Waals surface area (Å²) >= 11 is 0. The van der Waals surface area contributed by atoms with E-state index in [0.29, 0.717) is 45.3 Å². The largest absolute Gasteiger partial charge is 0.506 e.